The Bertz CT molecular complexity index is 742. The topological polar surface area (TPSA) is 49.4 Å². The third-order valence-electron chi connectivity index (χ3n) is 4.27. The average molecular weight is 330 g/mol. The monoisotopic (exact) mass is 330 g/mol. The minimum absolute atomic E-state index is 0.133. The molecule has 0 saturated carbocycles. The van der Waals surface area contributed by atoms with Gasteiger partial charge in [-0.15, -0.1) is 0 Å². The van der Waals surface area contributed by atoms with Crippen molar-refractivity contribution >= 4 is 21.2 Å². The van der Waals surface area contributed by atoms with Gasteiger partial charge in [0.15, 0.2) is 9.84 Å². The lowest BCUT2D eigenvalue weighted by atomic mass is 10.2. The van der Waals surface area contributed by atoms with E-state index in [9.17, 15) is 8.42 Å². The lowest BCUT2D eigenvalue weighted by Gasteiger charge is -2.19. The zero-order valence-corrected chi connectivity index (χ0v) is 14.1. The summed E-state index contributed by atoms with van der Waals surface area (Å²) in [5.74, 6) is 0.133. The van der Waals surface area contributed by atoms with Gasteiger partial charge in [-0.05, 0) is 42.8 Å². The average Bonchev–Trinajstić information content (AvgIpc) is 3.05. The molecule has 0 aliphatic carbocycles. The first kappa shape index (κ1) is 15.9. The molecule has 0 amide bonds. The van der Waals surface area contributed by atoms with E-state index in [1.54, 1.807) is 19.1 Å². The van der Waals surface area contributed by atoms with E-state index in [1.165, 1.54) is 5.69 Å². The van der Waals surface area contributed by atoms with Crippen molar-refractivity contribution in [1.82, 2.24) is 0 Å². The third-order valence-corrected chi connectivity index (χ3v) is 6.02. The zero-order valence-electron chi connectivity index (χ0n) is 13.3. The Morgan fingerprint density at radius 1 is 1.09 bits per heavy atom. The first-order valence-electron chi connectivity index (χ1n) is 7.98. The smallest absolute Gasteiger partial charge is 0.178 e. The van der Waals surface area contributed by atoms with E-state index >= 15 is 0 Å². The number of nitrogens with one attached hydrogen (secondary N) is 1. The van der Waals surface area contributed by atoms with E-state index in [0.29, 0.717) is 10.9 Å². The molecule has 1 fully saturated rings. The number of nitrogens with zero attached hydrogens (tertiary/aromatic N) is 1. The minimum atomic E-state index is -3.12. The molecule has 1 saturated heterocycles. The Kier molecular flexibility index (Phi) is 4.57. The van der Waals surface area contributed by atoms with Crippen LogP contribution in [0, 0.1) is 0 Å². The quantitative estimate of drug-likeness (QED) is 0.915. The predicted molar refractivity (Wildman–Crippen MR) is 94.9 cm³/mol. The van der Waals surface area contributed by atoms with Crippen molar-refractivity contribution in [3.8, 4) is 0 Å². The van der Waals surface area contributed by atoms with Crippen LogP contribution in [0.25, 0.3) is 0 Å². The van der Waals surface area contributed by atoms with Gasteiger partial charge in [-0.1, -0.05) is 25.1 Å². The van der Waals surface area contributed by atoms with Gasteiger partial charge in [0, 0.05) is 30.5 Å². The van der Waals surface area contributed by atoms with Crippen LogP contribution >= 0.6 is 0 Å². The van der Waals surface area contributed by atoms with Gasteiger partial charge in [-0.25, -0.2) is 8.42 Å². The molecule has 1 aliphatic rings. The highest BCUT2D eigenvalue weighted by Gasteiger charge is 2.22. The molecule has 2 aromatic rings. The summed E-state index contributed by atoms with van der Waals surface area (Å²) in [5, 5.41) is 3.50. The third kappa shape index (κ3) is 3.67. The van der Waals surface area contributed by atoms with Crippen LogP contribution in [0.1, 0.15) is 13.3 Å². The van der Waals surface area contributed by atoms with Crippen LogP contribution in [-0.2, 0) is 9.84 Å². The SMILES string of the molecule is CCS(=O)(=O)c1ccc(N[C@@H]2CCN(c3ccccc3)C2)cc1. The maximum absolute atomic E-state index is 11.8. The summed E-state index contributed by atoms with van der Waals surface area (Å²) >= 11 is 0. The van der Waals surface area contributed by atoms with Crippen molar-refractivity contribution in [3.05, 3.63) is 54.6 Å². The Balaban J connectivity index is 1.63. The molecule has 0 radical (unpaired) electrons. The second-order valence-corrected chi connectivity index (χ2v) is 8.12. The number of para-hydroxylation sites is 1. The molecule has 5 heteroatoms. The number of rotatable bonds is 5. The van der Waals surface area contributed by atoms with Gasteiger partial charge in [0.05, 0.1) is 10.6 Å². The molecule has 1 N–H and O–H groups in total. The van der Waals surface area contributed by atoms with E-state index in [2.05, 4.69) is 34.5 Å². The van der Waals surface area contributed by atoms with Crippen molar-refractivity contribution in [2.24, 2.45) is 0 Å². The first-order valence-corrected chi connectivity index (χ1v) is 9.63. The highest BCUT2D eigenvalue weighted by Crippen LogP contribution is 2.23. The molecule has 3 rings (SSSR count). The van der Waals surface area contributed by atoms with Gasteiger partial charge in [0.25, 0.3) is 0 Å². The van der Waals surface area contributed by atoms with Crippen LogP contribution in [0.4, 0.5) is 11.4 Å². The van der Waals surface area contributed by atoms with Crippen LogP contribution in [0.3, 0.4) is 0 Å². The second kappa shape index (κ2) is 6.62. The number of benzene rings is 2. The van der Waals surface area contributed by atoms with Gasteiger partial charge in [-0.3, -0.25) is 0 Å². The van der Waals surface area contributed by atoms with Crippen molar-refractivity contribution in [2.45, 2.75) is 24.3 Å². The largest absolute Gasteiger partial charge is 0.380 e. The molecule has 2 aromatic carbocycles. The highest BCUT2D eigenvalue weighted by atomic mass is 32.2. The Morgan fingerprint density at radius 3 is 2.43 bits per heavy atom. The number of hydrogen-bond acceptors (Lipinski definition) is 4. The van der Waals surface area contributed by atoms with Crippen LogP contribution < -0.4 is 10.2 Å². The van der Waals surface area contributed by atoms with Crippen LogP contribution in [-0.4, -0.2) is 33.3 Å². The summed E-state index contributed by atoms with van der Waals surface area (Å²) in [4.78, 5) is 2.76. The molecular weight excluding hydrogens is 308 g/mol. The van der Waals surface area contributed by atoms with E-state index < -0.39 is 9.84 Å². The summed E-state index contributed by atoms with van der Waals surface area (Å²) in [5.41, 5.74) is 2.22. The number of hydrogen-bond donors (Lipinski definition) is 1. The molecule has 0 spiro atoms. The van der Waals surface area contributed by atoms with Gasteiger partial charge in [0.1, 0.15) is 0 Å². The Hall–Kier alpha value is -2.01. The van der Waals surface area contributed by atoms with Gasteiger partial charge >= 0.3 is 0 Å². The van der Waals surface area contributed by atoms with E-state index in [1.807, 2.05) is 18.2 Å². The van der Waals surface area contributed by atoms with Crippen molar-refractivity contribution in [1.29, 1.82) is 0 Å². The number of sulfone groups is 1. The van der Waals surface area contributed by atoms with Crippen LogP contribution in [0.2, 0.25) is 0 Å². The summed E-state index contributed by atoms with van der Waals surface area (Å²) < 4.78 is 23.7. The van der Waals surface area contributed by atoms with Gasteiger partial charge < -0.3 is 10.2 Å². The minimum Gasteiger partial charge on any atom is -0.380 e. The predicted octanol–water partition coefficient (Wildman–Crippen LogP) is 3.17. The summed E-state index contributed by atoms with van der Waals surface area (Å²) in [6.07, 6.45) is 1.07. The summed E-state index contributed by atoms with van der Waals surface area (Å²) in [6.45, 7) is 3.65. The number of anilines is 2. The fraction of sp³-hybridized carbons (Fsp3) is 0.333. The summed E-state index contributed by atoms with van der Waals surface area (Å²) in [6, 6.07) is 17.9. The standard InChI is InChI=1S/C18H22N2O2S/c1-2-23(21,22)18-10-8-15(9-11-18)19-16-12-13-20(14-16)17-6-4-3-5-7-17/h3-11,16,19H,2,12-14H2,1H3/t16-/m1/s1. The molecule has 0 bridgehead atoms. The van der Waals surface area contributed by atoms with Gasteiger partial charge in [0.2, 0.25) is 0 Å². The first-order chi connectivity index (χ1) is 11.1. The lowest BCUT2D eigenvalue weighted by molar-refractivity contribution is 0.597. The van der Waals surface area contributed by atoms with Gasteiger partial charge in [-0.2, -0.15) is 0 Å². The van der Waals surface area contributed by atoms with E-state index in [4.69, 9.17) is 0 Å². The molecule has 4 nitrogen and oxygen atoms in total. The van der Waals surface area contributed by atoms with E-state index in [-0.39, 0.29) is 5.75 Å². The fourth-order valence-electron chi connectivity index (χ4n) is 2.91. The second-order valence-electron chi connectivity index (χ2n) is 5.84. The zero-order chi connectivity index (χ0) is 16.3. The molecule has 1 atom stereocenters. The van der Waals surface area contributed by atoms with E-state index in [0.717, 1.165) is 25.2 Å². The molecule has 0 aromatic heterocycles. The molecule has 1 aliphatic heterocycles. The maximum Gasteiger partial charge on any atom is 0.178 e. The Morgan fingerprint density at radius 2 is 1.78 bits per heavy atom. The van der Waals surface area contributed by atoms with Crippen molar-refractivity contribution in [3.63, 3.8) is 0 Å². The summed E-state index contributed by atoms with van der Waals surface area (Å²) in [7, 11) is -3.12. The molecule has 122 valence electrons. The molecule has 1 heterocycles. The normalized spacial score (nSPS) is 18.1. The Labute approximate surface area is 138 Å². The molecular formula is C18H22N2O2S. The van der Waals surface area contributed by atoms with Crippen molar-refractivity contribution in [2.75, 3.05) is 29.1 Å². The van der Waals surface area contributed by atoms with Crippen LogP contribution in [0.15, 0.2) is 59.5 Å². The van der Waals surface area contributed by atoms with Crippen molar-refractivity contribution < 1.29 is 8.42 Å². The lowest BCUT2D eigenvalue weighted by Crippen LogP contribution is -2.25. The maximum atomic E-state index is 11.8. The molecule has 0 unspecified atom stereocenters. The fourth-order valence-corrected chi connectivity index (χ4v) is 3.80. The highest BCUT2D eigenvalue weighted by molar-refractivity contribution is 7.91. The molecule has 23 heavy (non-hydrogen) atoms. The van der Waals surface area contributed by atoms with Crippen LogP contribution in [0.5, 0.6) is 0 Å².